The van der Waals surface area contributed by atoms with Crippen LogP contribution in [0.1, 0.15) is 62.0 Å². The van der Waals surface area contributed by atoms with Crippen LogP contribution in [0.25, 0.3) is 0 Å². The highest BCUT2D eigenvalue weighted by atomic mass is 32.2. The molecule has 2 aliphatic carbocycles. The Morgan fingerprint density at radius 3 is 2.39 bits per heavy atom. The van der Waals surface area contributed by atoms with Crippen LogP contribution >= 0.6 is 23.1 Å². The van der Waals surface area contributed by atoms with Gasteiger partial charge in [-0.05, 0) is 47.1 Å². The summed E-state index contributed by atoms with van der Waals surface area (Å²) in [5, 5.41) is 10.1. The van der Waals surface area contributed by atoms with Crippen LogP contribution in [0.4, 0.5) is 0 Å². The lowest BCUT2D eigenvalue weighted by molar-refractivity contribution is -0.142. The maximum absolute atomic E-state index is 13.5. The fourth-order valence-corrected chi connectivity index (χ4v) is 10.1. The van der Waals surface area contributed by atoms with Gasteiger partial charge in [-0.2, -0.15) is 0 Å². The molecular weight excluding hydrogens is 496 g/mol. The fraction of sp³-hybridized carbons (Fsp3) is 0.556. The predicted octanol–water partition coefficient (Wildman–Crippen LogP) is 4.07. The second-order valence-corrected chi connectivity index (χ2v) is 13.9. The number of hydrogen-bond donors (Lipinski definition) is 2. The van der Waals surface area contributed by atoms with Crippen LogP contribution < -0.4 is 4.87 Å². The first-order valence-electron chi connectivity index (χ1n) is 12.6. The third-order valence-corrected chi connectivity index (χ3v) is 11.3. The molecule has 6 rings (SSSR count). The van der Waals surface area contributed by atoms with E-state index >= 15 is 0 Å². The molecule has 7 atom stereocenters. The number of thioether (sulfide) groups is 1. The standard InChI is InChI=1S/C27H30N2O5S2/c1-27(2,3)13-8-6-12(7-9-13)17-18-14-11-15(21(18)35-23-22(17)36-26(34)28-23)20-19(14)24(32)29(25(20)33)10-4-5-16(30)31/h6-9,14-15,17-21H,4-5,10-11H2,1-3H3,(H,28,34)(H,30,31)/t14-,15+,17+,18-,19+,20-,21-/m1/s1. The van der Waals surface area contributed by atoms with Gasteiger partial charge in [-0.3, -0.25) is 24.1 Å². The Kier molecular flexibility index (Phi) is 5.54. The number of imide groups is 1. The van der Waals surface area contributed by atoms with E-state index in [2.05, 4.69) is 50.0 Å². The first-order valence-corrected chi connectivity index (χ1v) is 14.3. The van der Waals surface area contributed by atoms with Gasteiger partial charge in [0.05, 0.1) is 16.9 Å². The van der Waals surface area contributed by atoms with Crippen molar-refractivity contribution < 1.29 is 19.5 Å². The van der Waals surface area contributed by atoms with Crippen LogP contribution in [0, 0.1) is 29.6 Å². The van der Waals surface area contributed by atoms with Crippen molar-refractivity contribution in [3.8, 4) is 0 Å². The Labute approximate surface area is 217 Å². The summed E-state index contributed by atoms with van der Waals surface area (Å²) in [6.07, 6.45) is 1.08. The molecule has 2 N–H and O–H groups in total. The number of aliphatic carboxylic acids is 1. The number of rotatable bonds is 5. The highest BCUT2D eigenvalue weighted by Crippen LogP contribution is 2.68. The molecule has 0 spiro atoms. The van der Waals surface area contributed by atoms with E-state index < -0.39 is 5.97 Å². The first kappa shape index (κ1) is 24.0. The van der Waals surface area contributed by atoms with E-state index in [4.69, 9.17) is 5.11 Å². The van der Waals surface area contributed by atoms with Crippen LogP contribution in [0.15, 0.2) is 34.1 Å². The Morgan fingerprint density at radius 1 is 1.08 bits per heavy atom. The molecule has 2 saturated carbocycles. The number of nitrogens with zero attached hydrogens (tertiary/aromatic N) is 1. The molecule has 3 fully saturated rings. The molecule has 190 valence electrons. The van der Waals surface area contributed by atoms with Crippen LogP contribution in [0.2, 0.25) is 0 Å². The summed E-state index contributed by atoms with van der Waals surface area (Å²) >= 11 is 2.96. The van der Waals surface area contributed by atoms with Crippen LogP contribution in [0.5, 0.6) is 0 Å². The van der Waals surface area contributed by atoms with Crippen molar-refractivity contribution in [3.05, 3.63) is 49.9 Å². The van der Waals surface area contributed by atoms with Crippen LogP contribution in [-0.2, 0) is 19.8 Å². The van der Waals surface area contributed by atoms with E-state index in [0.717, 1.165) is 21.9 Å². The molecule has 36 heavy (non-hydrogen) atoms. The Morgan fingerprint density at radius 2 is 1.75 bits per heavy atom. The maximum Gasteiger partial charge on any atom is 0.305 e. The first-order chi connectivity index (χ1) is 17.1. The van der Waals surface area contributed by atoms with E-state index in [1.165, 1.54) is 21.8 Å². The van der Waals surface area contributed by atoms with Crippen molar-refractivity contribution in [1.82, 2.24) is 9.88 Å². The number of nitrogens with one attached hydrogen (secondary N) is 1. The van der Waals surface area contributed by atoms with Crippen LogP contribution in [-0.4, -0.2) is 44.6 Å². The zero-order valence-corrected chi connectivity index (χ0v) is 22.2. The molecule has 0 radical (unpaired) electrons. The number of hydrogen-bond acceptors (Lipinski definition) is 6. The van der Waals surface area contributed by atoms with Gasteiger partial charge in [0.2, 0.25) is 11.8 Å². The minimum Gasteiger partial charge on any atom is -0.481 e. The molecule has 3 heterocycles. The number of amides is 2. The van der Waals surface area contributed by atoms with Crippen molar-refractivity contribution in [2.24, 2.45) is 29.6 Å². The molecule has 1 aromatic heterocycles. The number of benzene rings is 1. The monoisotopic (exact) mass is 526 g/mol. The summed E-state index contributed by atoms with van der Waals surface area (Å²) < 4.78 is 0. The summed E-state index contributed by atoms with van der Waals surface area (Å²) in [4.78, 5) is 55.6. The molecule has 4 aliphatic rings. The lowest BCUT2D eigenvalue weighted by Gasteiger charge is -2.43. The van der Waals surface area contributed by atoms with Gasteiger partial charge in [0.25, 0.3) is 0 Å². The summed E-state index contributed by atoms with van der Waals surface area (Å²) in [5.41, 5.74) is 2.44. The average Bonchev–Trinajstić information content (AvgIpc) is 3.53. The highest BCUT2D eigenvalue weighted by molar-refractivity contribution is 8.00. The molecule has 0 unspecified atom stereocenters. The summed E-state index contributed by atoms with van der Waals surface area (Å²) in [6.45, 7) is 6.74. The third-order valence-electron chi connectivity index (χ3n) is 8.72. The zero-order valence-electron chi connectivity index (χ0n) is 20.5. The summed E-state index contributed by atoms with van der Waals surface area (Å²) in [7, 11) is 0. The quantitative estimate of drug-likeness (QED) is 0.569. The number of H-pyrrole nitrogens is 1. The number of carbonyl (C=O) groups excluding carboxylic acids is 2. The molecule has 2 aromatic rings. The van der Waals surface area contributed by atoms with E-state index in [-0.39, 0.29) is 82.2 Å². The van der Waals surface area contributed by atoms with E-state index in [1.807, 2.05) is 0 Å². The minimum atomic E-state index is -0.919. The SMILES string of the molecule is CC(C)(C)c1ccc([C@@H]2c3sc(=O)[nH]c3S[C@@H]3[C@H]4C[C@@H]([C@@H]5C(=O)N(CCCC(=O)O)C(=O)[C@H]45)[C@H]23)cc1. The largest absolute Gasteiger partial charge is 0.481 e. The number of carbonyl (C=O) groups is 3. The molecule has 7 nitrogen and oxygen atoms in total. The highest BCUT2D eigenvalue weighted by Gasteiger charge is 2.69. The van der Waals surface area contributed by atoms with E-state index in [9.17, 15) is 19.2 Å². The van der Waals surface area contributed by atoms with Crippen molar-refractivity contribution in [2.45, 2.75) is 61.6 Å². The maximum atomic E-state index is 13.5. The van der Waals surface area contributed by atoms with Gasteiger partial charge in [-0.1, -0.05) is 56.4 Å². The molecule has 1 aromatic carbocycles. The number of carboxylic acids is 1. The number of thiazole rings is 1. The molecule has 2 bridgehead atoms. The van der Waals surface area contributed by atoms with Crippen molar-refractivity contribution in [3.63, 3.8) is 0 Å². The van der Waals surface area contributed by atoms with Crippen molar-refractivity contribution >= 4 is 40.9 Å². The van der Waals surface area contributed by atoms with Gasteiger partial charge < -0.3 is 10.1 Å². The fourth-order valence-electron chi connectivity index (χ4n) is 7.25. The number of aromatic nitrogens is 1. The van der Waals surface area contributed by atoms with Crippen molar-refractivity contribution in [2.75, 3.05) is 6.54 Å². The molecule has 9 heteroatoms. The van der Waals surface area contributed by atoms with Crippen molar-refractivity contribution in [1.29, 1.82) is 0 Å². The number of aromatic amines is 1. The van der Waals surface area contributed by atoms with E-state index in [1.54, 1.807) is 11.8 Å². The smallest absolute Gasteiger partial charge is 0.305 e. The number of fused-ring (bicyclic) bond motifs is 9. The molecule has 2 amide bonds. The summed E-state index contributed by atoms with van der Waals surface area (Å²) in [5.74, 6) is -1.46. The summed E-state index contributed by atoms with van der Waals surface area (Å²) in [6, 6.07) is 8.70. The normalized spacial score (nSPS) is 32.5. The Hall–Kier alpha value is -2.39. The van der Waals surface area contributed by atoms with Gasteiger partial charge in [-0.15, -0.1) is 11.8 Å². The number of carboxylic acid groups (broad SMARTS) is 1. The lowest BCUT2D eigenvalue weighted by atomic mass is 9.68. The molecule has 2 aliphatic heterocycles. The van der Waals surface area contributed by atoms with Gasteiger partial charge >= 0.3 is 10.8 Å². The van der Waals surface area contributed by atoms with Gasteiger partial charge in [0.1, 0.15) is 0 Å². The molecular formula is C27H30N2O5S2. The topological polar surface area (TPSA) is 108 Å². The van der Waals surface area contributed by atoms with E-state index in [0.29, 0.717) is 0 Å². The van der Waals surface area contributed by atoms with Gasteiger partial charge in [0.15, 0.2) is 0 Å². The van der Waals surface area contributed by atoms with Gasteiger partial charge in [-0.25, -0.2) is 0 Å². The Bertz CT molecular complexity index is 1310. The average molecular weight is 527 g/mol. The predicted molar refractivity (Wildman–Crippen MR) is 137 cm³/mol. The van der Waals surface area contributed by atoms with Crippen LogP contribution in [0.3, 0.4) is 0 Å². The third kappa shape index (κ3) is 3.53. The second kappa shape index (κ2) is 8.31. The van der Waals surface area contributed by atoms with Gasteiger partial charge in [0, 0.05) is 29.0 Å². The minimum absolute atomic E-state index is 0.0177. The second-order valence-electron chi connectivity index (χ2n) is 11.7. The number of likely N-dealkylation sites (tertiary alicyclic amines) is 1. The molecule has 1 saturated heterocycles. The lowest BCUT2D eigenvalue weighted by Crippen LogP contribution is -2.42. The Balaban J connectivity index is 1.36. The zero-order chi connectivity index (χ0) is 25.5.